The summed E-state index contributed by atoms with van der Waals surface area (Å²) in [6.45, 7) is 8.58. The van der Waals surface area contributed by atoms with Crippen LogP contribution in [-0.4, -0.2) is 9.13 Å². The van der Waals surface area contributed by atoms with Gasteiger partial charge in [-0.3, -0.25) is 0 Å². The minimum absolute atomic E-state index is 0.113. The van der Waals surface area contributed by atoms with Crippen molar-refractivity contribution in [3.63, 3.8) is 0 Å². The topological polar surface area (TPSA) is 63.9 Å². The zero-order chi connectivity index (χ0) is 60.8. The van der Waals surface area contributed by atoms with Gasteiger partial charge in [-0.2, -0.15) is 36.9 Å². The number of alkyl halides is 6. The van der Waals surface area contributed by atoms with Crippen molar-refractivity contribution >= 4 is 77.7 Å². The van der Waals surface area contributed by atoms with Gasteiger partial charge in [-0.25, -0.2) is 0 Å². The maximum atomic E-state index is 15.3. The van der Waals surface area contributed by atoms with Crippen LogP contribution in [0.3, 0.4) is 0 Å². The summed E-state index contributed by atoms with van der Waals surface area (Å²) in [6, 6.07) is 75.0. The van der Waals surface area contributed by atoms with Gasteiger partial charge in [0.1, 0.15) is 12.1 Å². The van der Waals surface area contributed by atoms with Crippen LogP contribution in [0.25, 0.3) is 77.2 Å². The molecule has 0 unspecified atom stereocenters. The summed E-state index contributed by atoms with van der Waals surface area (Å²) >= 11 is 0. The van der Waals surface area contributed by atoms with Gasteiger partial charge in [-0.15, -0.1) is 0 Å². The molecular formula is C76H50F6N6. The summed E-state index contributed by atoms with van der Waals surface area (Å²) in [5.74, 6) is 0. The molecule has 0 amide bonds. The van der Waals surface area contributed by atoms with E-state index in [1.54, 1.807) is 45.5 Å². The number of nitrogens with zero attached hydrogens (tertiary/aromatic N) is 6. The molecule has 88 heavy (non-hydrogen) atoms. The van der Waals surface area contributed by atoms with Crippen LogP contribution in [0.15, 0.2) is 231 Å². The first-order valence-electron chi connectivity index (χ1n) is 28.8. The minimum Gasteiger partial charge on any atom is -0.310 e. The molecule has 426 valence electrons. The number of halogens is 6. The molecule has 2 aliphatic rings. The number of nitriles is 2. The first-order valence-corrected chi connectivity index (χ1v) is 28.8. The van der Waals surface area contributed by atoms with E-state index >= 15 is 26.3 Å². The average molecular weight is 1160 g/mol. The second-order valence-corrected chi connectivity index (χ2v) is 23.7. The van der Waals surface area contributed by atoms with E-state index in [1.807, 2.05) is 121 Å². The maximum absolute atomic E-state index is 15.3. The number of rotatable bonds is 6. The lowest BCUT2D eigenvalue weighted by atomic mass is 9.71. The molecule has 2 aromatic heterocycles. The smallest absolute Gasteiger partial charge is 0.310 e. The lowest BCUT2D eigenvalue weighted by molar-refractivity contribution is -0.138. The SMILES string of the molecule is CC1(C)c2ccccc2N(c2ccccc2)c2ccc(-c3c(-c4ccc5c(c4)C(C)(C)c4ccccc4N5c4ccccc4)c(-n4c5ccccc5c5ccc(C(F)(F)F)cc54)c(C#N)c(C#N)c3-n3c4ccccc4c4ccc(C(F)(F)F)cc43)cc21. The van der Waals surface area contributed by atoms with Crippen LogP contribution in [-0.2, 0) is 23.2 Å². The Bertz CT molecular complexity index is 4850. The Hall–Kier alpha value is -10.8. The Morgan fingerprint density at radius 3 is 1.07 bits per heavy atom. The van der Waals surface area contributed by atoms with Crippen molar-refractivity contribution in [2.45, 2.75) is 50.9 Å². The van der Waals surface area contributed by atoms with Crippen LogP contribution in [0.1, 0.15) is 72.2 Å². The summed E-state index contributed by atoms with van der Waals surface area (Å²) < 4.78 is 95.2. The maximum Gasteiger partial charge on any atom is 0.416 e. The van der Waals surface area contributed by atoms with E-state index in [0.717, 1.165) is 80.6 Å². The van der Waals surface area contributed by atoms with E-state index in [9.17, 15) is 10.5 Å². The molecule has 0 fully saturated rings. The molecular weight excluding hydrogens is 1110 g/mol. The quantitative estimate of drug-likeness (QED) is 0.156. The van der Waals surface area contributed by atoms with E-state index in [2.05, 4.69) is 86.0 Å². The van der Waals surface area contributed by atoms with Crippen molar-refractivity contribution < 1.29 is 26.3 Å². The average Bonchev–Trinajstić information content (AvgIpc) is 1.08. The molecule has 15 rings (SSSR count). The highest BCUT2D eigenvalue weighted by molar-refractivity contribution is 6.14. The molecule has 2 aliphatic heterocycles. The number of fused-ring (bicyclic) bond motifs is 10. The van der Waals surface area contributed by atoms with E-state index in [-0.39, 0.29) is 33.5 Å². The fourth-order valence-electron chi connectivity index (χ4n) is 14.2. The van der Waals surface area contributed by atoms with Crippen molar-refractivity contribution in [2.24, 2.45) is 0 Å². The summed E-state index contributed by atoms with van der Waals surface area (Å²) in [4.78, 5) is 4.41. The van der Waals surface area contributed by atoms with Crippen molar-refractivity contribution in [2.75, 3.05) is 9.80 Å². The first kappa shape index (κ1) is 53.9. The zero-order valence-corrected chi connectivity index (χ0v) is 47.9. The molecule has 0 saturated carbocycles. The van der Waals surface area contributed by atoms with Crippen LogP contribution in [0.4, 0.5) is 60.5 Å². The third kappa shape index (κ3) is 7.88. The molecule has 4 heterocycles. The normalized spacial score (nSPS) is 14.1. The second kappa shape index (κ2) is 19.3. The van der Waals surface area contributed by atoms with Crippen molar-refractivity contribution in [1.29, 1.82) is 10.5 Å². The van der Waals surface area contributed by atoms with Crippen LogP contribution >= 0.6 is 0 Å². The van der Waals surface area contributed by atoms with Gasteiger partial charge in [0.2, 0.25) is 0 Å². The highest BCUT2D eigenvalue weighted by Crippen LogP contribution is 2.58. The molecule has 0 N–H and O–H groups in total. The third-order valence-electron chi connectivity index (χ3n) is 18.2. The summed E-state index contributed by atoms with van der Waals surface area (Å²) in [5, 5.41) is 26.5. The molecule has 0 spiro atoms. The lowest BCUT2D eigenvalue weighted by Crippen LogP contribution is -2.30. The van der Waals surface area contributed by atoms with Gasteiger partial charge in [-0.1, -0.05) is 161 Å². The number of aromatic nitrogens is 2. The standard InChI is InChI=1S/C76H50F6N6/c1-73(2)57-25-13-17-29-63(57)85(49-19-7-5-8-20-49)65-37-31-45(39-59(65)73)69-70(46-32-38-66-60(40-46)74(3,4)58-26-14-18-30-64(58)86(66)50-21-9-6-10-22-50)72(88-62-28-16-12-24-52(62)54-36-34-48(42-68(54)88)76(80,81)82)56(44-84)55(43-83)71(69)87-61-27-15-11-23-51(61)53-35-33-47(41-67(53)87)75(77,78)79/h5-42H,1-4H3. The molecule has 12 heteroatoms. The third-order valence-corrected chi connectivity index (χ3v) is 18.2. The van der Waals surface area contributed by atoms with Gasteiger partial charge in [0, 0.05) is 54.9 Å². The Kier molecular flexibility index (Phi) is 11.8. The lowest BCUT2D eigenvalue weighted by Gasteiger charge is -2.42. The van der Waals surface area contributed by atoms with Crippen molar-refractivity contribution in [3.05, 3.63) is 275 Å². The molecule has 0 bridgehead atoms. The fourth-order valence-corrected chi connectivity index (χ4v) is 14.2. The van der Waals surface area contributed by atoms with Gasteiger partial charge in [0.25, 0.3) is 0 Å². The van der Waals surface area contributed by atoms with Gasteiger partial charge < -0.3 is 18.9 Å². The first-order chi connectivity index (χ1) is 42.4. The van der Waals surface area contributed by atoms with E-state index < -0.39 is 34.3 Å². The fraction of sp³-hybridized carbons (Fsp3) is 0.105. The Labute approximate surface area is 502 Å². The Morgan fingerprint density at radius 2 is 0.682 bits per heavy atom. The second-order valence-electron chi connectivity index (χ2n) is 23.7. The van der Waals surface area contributed by atoms with Gasteiger partial charge >= 0.3 is 12.4 Å². The van der Waals surface area contributed by atoms with Crippen molar-refractivity contribution in [1.82, 2.24) is 9.13 Å². The van der Waals surface area contributed by atoms with Crippen LogP contribution in [0, 0.1) is 22.7 Å². The summed E-state index contributed by atoms with van der Waals surface area (Å²) in [6.07, 6.45) is -9.58. The highest BCUT2D eigenvalue weighted by atomic mass is 19.4. The molecule has 0 saturated heterocycles. The molecule has 0 aliphatic carbocycles. The molecule has 13 aromatic rings. The number of para-hydroxylation sites is 6. The number of anilines is 6. The van der Waals surface area contributed by atoms with E-state index in [4.69, 9.17) is 0 Å². The highest BCUT2D eigenvalue weighted by Gasteiger charge is 2.42. The van der Waals surface area contributed by atoms with Gasteiger partial charge in [0.05, 0.1) is 78.4 Å². The van der Waals surface area contributed by atoms with Crippen LogP contribution in [0.2, 0.25) is 0 Å². The molecule has 0 atom stereocenters. The van der Waals surface area contributed by atoms with Gasteiger partial charge in [0.15, 0.2) is 0 Å². The van der Waals surface area contributed by atoms with Gasteiger partial charge in [-0.05, 0) is 130 Å². The monoisotopic (exact) mass is 1160 g/mol. The van der Waals surface area contributed by atoms with Crippen molar-refractivity contribution in [3.8, 4) is 45.8 Å². The van der Waals surface area contributed by atoms with E-state index in [1.165, 1.54) is 12.1 Å². The number of hydrogen-bond acceptors (Lipinski definition) is 4. The Balaban J connectivity index is 1.18. The van der Waals surface area contributed by atoms with Crippen LogP contribution in [0.5, 0.6) is 0 Å². The summed E-state index contributed by atoms with van der Waals surface area (Å²) in [5.41, 5.74) is 8.56. The Morgan fingerprint density at radius 1 is 0.341 bits per heavy atom. The predicted octanol–water partition coefficient (Wildman–Crippen LogP) is 21.2. The summed E-state index contributed by atoms with van der Waals surface area (Å²) in [7, 11) is 0. The minimum atomic E-state index is -4.79. The number of benzene rings is 11. The molecule has 0 radical (unpaired) electrons. The zero-order valence-electron chi connectivity index (χ0n) is 47.9. The van der Waals surface area contributed by atoms with Crippen LogP contribution < -0.4 is 9.80 Å². The molecule has 11 aromatic carbocycles. The predicted molar refractivity (Wildman–Crippen MR) is 339 cm³/mol. The molecule has 6 nitrogen and oxygen atoms in total. The largest absolute Gasteiger partial charge is 0.416 e. The van der Waals surface area contributed by atoms with E-state index in [0.29, 0.717) is 54.8 Å². The number of hydrogen-bond donors (Lipinski definition) is 0.